The second kappa shape index (κ2) is 11.6. The first-order valence-corrected chi connectivity index (χ1v) is 15.7. The van der Waals surface area contributed by atoms with E-state index >= 15 is 0 Å². The van der Waals surface area contributed by atoms with Crippen molar-refractivity contribution in [3.63, 3.8) is 0 Å². The molecule has 0 saturated heterocycles. The summed E-state index contributed by atoms with van der Waals surface area (Å²) in [7, 11) is 0. The molecule has 0 bridgehead atoms. The molecule has 0 aliphatic rings. The third kappa shape index (κ3) is 5.25. The number of hydrogen-bond donors (Lipinski definition) is 0. The van der Waals surface area contributed by atoms with Gasteiger partial charge < -0.3 is 0 Å². The van der Waals surface area contributed by atoms with Crippen LogP contribution in [0.3, 0.4) is 0 Å². The Bertz CT molecular complexity index is 2260. The number of nitrogens with zero attached hydrogens (tertiary/aromatic N) is 2. The maximum absolute atomic E-state index is 5.28. The Hall–Kier alpha value is -5.86. The van der Waals surface area contributed by atoms with Gasteiger partial charge in [0.1, 0.15) is 0 Å². The van der Waals surface area contributed by atoms with Crippen LogP contribution in [0.2, 0.25) is 0 Å². The number of hydrogen-bond acceptors (Lipinski definition) is 2. The van der Waals surface area contributed by atoms with Crippen molar-refractivity contribution in [1.29, 1.82) is 0 Å². The molecule has 0 N–H and O–H groups in total. The van der Waals surface area contributed by atoms with Crippen LogP contribution in [0.15, 0.2) is 158 Å². The quantitative estimate of drug-likeness (QED) is 0.187. The molecule has 1 heterocycles. The molecule has 0 aliphatic heterocycles. The Morgan fingerprint density at radius 1 is 0.348 bits per heavy atom. The first kappa shape index (κ1) is 27.7. The summed E-state index contributed by atoms with van der Waals surface area (Å²) in [5.41, 5.74) is 12.1. The molecular weight excluding hydrogens is 556 g/mol. The van der Waals surface area contributed by atoms with Crippen molar-refractivity contribution in [2.24, 2.45) is 0 Å². The maximum Gasteiger partial charge on any atom is 0.161 e. The van der Waals surface area contributed by atoms with E-state index in [0.717, 1.165) is 50.4 Å². The van der Waals surface area contributed by atoms with Gasteiger partial charge in [0.15, 0.2) is 5.82 Å². The topological polar surface area (TPSA) is 25.8 Å². The van der Waals surface area contributed by atoms with Gasteiger partial charge in [-0.15, -0.1) is 0 Å². The van der Waals surface area contributed by atoms with Crippen LogP contribution in [0, 0.1) is 13.8 Å². The van der Waals surface area contributed by atoms with E-state index in [2.05, 4.69) is 172 Å². The van der Waals surface area contributed by atoms with Crippen molar-refractivity contribution in [3.05, 3.63) is 169 Å². The van der Waals surface area contributed by atoms with E-state index in [1.54, 1.807) is 0 Å². The number of benzene rings is 7. The average Bonchev–Trinajstić information content (AvgIpc) is 3.12. The number of aromatic nitrogens is 2. The second-order valence-corrected chi connectivity index (χ2v) is 12.0. The van der Waals surface area contributed by atoms with Crippen LogP contribution >= 0.6 is 0 Å². The van der Waals surface area contributed by atoms with Crippen LogP contribution in [0.4, 0.5) is 0 Å². The van der Waals surface area contributed by atoms with Crippen LogP contribution in [0.5, 0.6) is 0 Å². The lowest BCUT2D eigenvalue weighted by atomic mass is 9.96. The first-order valence-electron chi connectivity index (χ1n) is 15.7. The van der Waals surface area contributed by atoms with Gasteiger partial charge in [0, 0.05) is 16.7 Å². The zero-order valence-corrected chi connectivity index (χ0v) is 25.9. The maximum atomic E-state index is 5.28. The molecule has 218 valence electrons. The summed E-state index contributed by atoms with van der Waals surface area (Å²) in [5, 5.41) is 4.75. The molecule has 0 radical (unpaired) electrons. The summed E-state index contributed by atoms with van der Waals surface area (Å²) in [6, 6.07) is 56.2. The van der Waals surface area contributed by atoms with Crippen LogP contribution in [0.1, 0.15) is 11.1 Å². The van der Waals surface area contributed by atoms with Crippen LogP contribution in [-0.4, -0.2) is 9.97 Å². The third-order valence-electron chi connectivity index (χ3n) is 8.82. The van der Waals surface area contributed by atoms with Gasteiger partial charge in [-0.1, -0.05) is 145 Å². The van der Waals surface area contributed by atoms with Gasteiger partial charge in [-0.25, -0.2) is 9.97 Å². The van der Waals surface area contributed by atoms with Gasteiger partial charge in [0.05, 0.1) is 11.4 Å². The van der Waals surface area contributed by atoms with E-state index in [0.29, 0.717) is 0 Å². The smallest absolute Gasteiger partial charge is 0.161 e. The summed E-state index contributed by atoms with van der Waals surface area (Å²) in [6.45, 7) is 4.24. The van der Waals surface area contributed by atoms with Crippen LogP contribution in [0.25, 0.3) is 77.7 Å². The van der Waals surface area contributed by atoms with Gasteiger partial charge in [-0.2, -0.15) is 0 Å². The van der Waals surface area contributed by atoms with Crippen molar-refractivity contribution in [2.45, 2.75) is 13.8 Å². The Balaban J connectivity index is 1.35. The fourth-order valence-corrected chi connectivity index (χ4v) is 6.31. The van der Waals surface area contributed by atoms with E-state index in [4.69, 9.17) is 9.97 Å². The predicted molar refractivity (Wildman–Crippen MR) is 194 cm³/mol. The summed E-state index contributed by atoms with van der Waals surface area (Å²) in [6.07, 6.45) is 0. The first-order chi connectivity index (χ1) is 22.6. The molecule has 0 unspecified atom stereocenters. The number of aryl methyl sites for hydroxylation is 2. The number of fused-ring (bicyclic) bond motifs is 3. The lowest BCUT2D eigenvalue weighted by Gasteiger charge is -2.14. The third-order valence-corrected chi connectivity index (χ3v) is 8.82. The largest absolute Gasteiger partial charge is 0.228 e. The molecule has 0 amide bonds. The van der Waals surface area contributed by atoms with Crippen molar-refractivity contribution in [3.8, 4) is 56.2 Å². The molecule has 46 heavy (non-hydrogen) atoms. The SMILES string of the molecule is Cc1ccc(-c2cccc(-c3cc(-c4cccc(-c5ccc(C)cc5)c4)nc(-c4cc5ccccc5c5ccccc45)n3)c2)cc1. The Morgan fingerprint density at radius 2 is 0.826 bits per heavy atom. The van der Waals surface area contributed by atoms with Crippen molar-refractivity contribution < 1.29 is 0 Å². The Labute approximate surface area is 269 Å². The minimum Gasteiger partial charge on any atom is -0.228 e. The molecule has 0 atom stereocenters. The number of rotatable bonds is 5. The molecule has 0 spiro atoms. The average molecular weight is 589 g/mol. The van der Waals surface area contributed by atoms with E-state index in [1.807, 2.05) is 0 Å². The monoisotopic (exact) mass is 588 g/mol. The molecule has 8 aromatic rings. The molecule has 8 rings (SSSR count). The predicted octanol–water partition coefficient (Wildman–Crippen LogP) is 11.7. The highest BCUT2D eigenvalue weighted by Gasteiger charge is 2.16. The van der Waals surface area contributed by atoms with Crippen molar-refractivity contribution in [2.75, 3.05) is 0 Å². The second-order valence-electron chi connectivity index (χ2n) is 12.0. The van der Waals surface area contributed by atoms with Crippen LogP contribution < -0.4 is 0 Å². The van der Waals surface area contributed by atoms with Gasteiger partial charge >= 0.3 is 0 Å². The minimum absolute atomic E-state index is 0.718. The van der Waals surface area contributed by atoms with Gasteiger partial charge in [-0.05, 0) is 81.9 Å². The van der Waals surface area contributed by atoms with E-state index in [9.17, 15) is 0 Å². The minimum atomic E-state index is 0.718. The highest BCUT2D eigenvalue weighted by atomic mass is 14.9. The molecule has 0 aliphatic carbocycles. The standard InChI is InChI=1S/C44H32N2/c1-29-17-21-31(22-18-29)33-10-7-12-36(25-33)42-28-43(37-13-8-11-34(26-37)32-23-19-30(2)20-24-32)46-44(45-42)41-27-35-9-3-4-14-38(35)39-15-5-6-16-40(39)41/h3-28H,1-2H3. The van der Waals surface area contributed by atoms with Gasteiger partial charge in [0.25, 0.3) is 0 Å². The van der Waals surface area contributed by atoms with Gasteiger partial charge in [-0.3, -0.25) is 0 Å². The highest BCUT2D eigenvalue weighted by molar-refractivity contribution is 6.13. The molecule has 2 heteroatoms. The normalized spacial score (nSPS) is 11.3. The molecular formula is C44H32N2. The summed E-state index contributed by atoms with van der Waals surface area (Å²) in [5.74, 6) is 0.718. The van der Waals surface area contributed by atoms with E-state index < -0.39 is 0 Å². The summed E-state index contributed by atoms with van der Waals surface area (Å²) >= 11 is 0. The molecule has 0 saturated carbocycles. The highest BCUT2D eigenvalue weighted by Crippen LogP contribution is 2.37. The lowest BCUT2D eigenvalue weighted by molar-refractivity contribution is 1.19. The zero-order valence-electron chi connectivity index (χ0n) is 25.9. The molecule has 0 fully saturated rings. The molecule has 2 nitrogen and oxygen atoms in total. The Kier molecular flexibility index (Phi) is 6.96. The lowest BCUT2D eigenvalue weighted by Crippen LogP contribution is -1.97. The molecule has 7 aromatic carbocycles. The van der Waals surface area contributed by atoms with E-state index in [1.165, 1.54) is 38.4 Å². The summed E-state index contributed by atoms with van der Waals surface area (Å²) in [4.78, 5) is 10.6. The summed E-state index contributed by atoms with van der Waals surface area (Å²) < 4.78 is 0. The fourth-order valence-electron chi connectivity index (χ4n) is 6.31. The van der Waals surface area contributed by atoms with Crippen molar-refractivity contribution in [1.82, 2.24) is 9.97 Å². The fraction of sp³-hybridized carbons (Fsp3) is 0.0455. The zero-order chi connectivity index (χ0) is 31.0. The van der Waals surface area contributed by atoms with Gasteiger partial charge in [0.2, 0.25) is 0 Å². The molecule has 1 aromatic heterocycles. The van der Waals surface area contributed by atoms with Crippen molar-refractivity contribution >= 4 is 21.5 Å². The van der Waals surface area contributed by atoms with Crippen LogP contribution in [-0.2, 0) is 0 Å². The Morgan fingerprint density at radius 3 is 1.39 bits per heavy atom. The van der Waals surface area contributed by atoms with E-state index in [-0.39, 0.29) is 0 Å².